The summed E-state index contributed by atoms with van der Waals surface area (Å²) < 4.78 is 10.7. The number of aliphatic imine (C=N–C) groups is 1. The van der Waals surface area contributed by atoms with E-state index in [9.17, 15) is 4.79 Å². The van der Waals surface area contributed by atoms with E-state index in [4.69, 9.17) is 14.5 Å². The van der Waals surface area contributed by atoms with Gasteiger partial charge in [-0.1, -0.05) is 12.1 Å². The van der Waals surface area contributed by atoms with Gasteiger partial charge in [-0.05, 0) is 56.2 Å². The number of amidine groups is 1. The number of hydrogen-bond acceptors (Lipinski definition) is 5. The smallest absolute Gasteiger partial charge is 0.253 e. The Hall–Kier alpha value is -3.06. The summed E-state index contributed by atoms with van der Waals surface area (Å²) in [6.45, 7) is 4.94. The third-order valence-electron chi connectivity index (χ3n) is 5.76. The first-order chi connectivity index (χ1) is 15.1. The molecule has 1 atom stereocenters. The lowest BCUT2D eigenvalue weighted by Gasteiger charge is -2.47. The maximum Gasteiger partial charge on any atom is 0.253 e. The van der Waals surface area contributed by atoms with E-state index in [0.29, 0.717) is 31.9 Å². The van der Waals surface area contributed by atoms with Crippen LogP contribution in [0.25, 0.3) is 0 Å². The number of amides is 1. The number of para-hydroxylation sites is 2. The summed E-state index contributed by atoms with van der Waals surface area (Å²) in [5.74, 6) is 1.67. The van der Waals surface area contributed by atoms with Crippen molar-refractivity contribution in [3.63, 3.8) is 0 Å². The molecule has 164 valence electrons. The van der Waals surface area contributed by atoms with Crippen LogP contribution >= 0.6 is 0 Å². The van der Waals surface area contributed by atoms with E-state index in [1.54, 1.807) is 7.11 Å². The van der Waals surface area contributed by atoms with E-state index >= 15 is 0 Å². The number of piperidine rings is 1. The van der Waals surface area contributed by atoms with Crippen molar-refractivity contribution in [2.75, 3.05) is 50.6 Å². The van der Waals surface area contributed by atoms with Crippen molar-refractivity contribution in [1.82, 2.24) is 4.90 Å². The van der Waals surface area contributed by atoms with Crippen LogP contribution in [0.15, 0.2) is 53.5 Å². The molecular weight excluding hydrogens is 392 g/mol. The molecule has 0 radical (unpaired) electrons. The van der Waals surface area contributed by atoms with Gasteiger partial charge in [0.05, 0.1) is 37.7 Å². The number of likely N-dealkylation sites (tertiary alicyclic amines) is 1. The van der Waals surface area contributed by atoms with Gasteiger partial charge >= 0.3 is 0 Å². The summed E-state index contributed by atoms with van der Waals surface area (Å²) >= 11 is 0. The minimum atomic E-state index is -0.443. The highest BCUT2D eigenvalue weighted by Crippen LogP contribution is 2.36. The first-order valence-electron chi connectivity index (χ1n) is 10.9. The molecule has 2 N–H and O–H groups in total. The molecule has 0 saturated carbocycles. The predicted octanol–water partition coefficient (Wildman–Crippen LogP) is 3.64. The quantitative estimate of drug-likeness (QED) is 0.695. The van der Waals surface area contributed by atoms with Gasteiger partial charge in [-0.3, -0.25) is 9.79 Å². The number of fused-ring (bicyclic) bond motifs is 1. The molecule has 0 bridgehead atoms. The van der Waals surface area contributed by atoms with Crippen molar-refractivity contribution in [2.24, 2.45) is 4.99 Å². The normalized spacial score (nSPS) is 21.4. The zero-order valence-electron chi connectivity index (χ0n) is 18.2. The first-order valence-corrected chi connectivity index (χ1v) is 10.9. The van der Waals surface area contributed by atoms with Crippen LogP contribution in [0.4, 0.5) is 11.4 Å². The van der Waals surface area contributed by atoms with Gasteiger partial charge in [0.25, 0.3) is 5.91 Å². The molecule has 31 heavy (non-hydrogen) atoms. The van der Waals surface area contributed by atoms with Gasteiger partial charge in [0.2, 0.25) is 0 Å². The lowest BCUT2D eigenvalue weighted by molar-refractivity contribution is 0.0694. The predicted molar refractivity (Wildman–Crippen MR) is 123 cm³/mol. The van der Waals surface area contributed by atoms with Crippen LogP contribution in [0.3, 0.4) is 0 Å². The van der Waals surface area contributed by atoms with E-state index in [1.807, 2.05) is 54.3 Å². The maximum absolute atomic E-state index is 13.3. The van der Waals surface area contributed by atoms with Gasteiger partial charge in [0.1, 0.15) is 17.1 Å². The van der Waals surface area contributed by atoms with Crippen LogP contribution in [0, 0.1) is 0 Å². The summed E-state index contributed by atoms with van der Waals surface area (Å²) in [6, 6.07) is 15.5. The fourth-order valence-electron chi connectivity index (χ4n) is 4.27. The molecule has 7 nitrogen and oxygen atoms in total. The number of rotatable bonds is 6. The highest BCUT2D eigenvalue weighted by molar-refractivity contribution is 6.10. The standard InChI is InChI=1S/C24H30N4O3/c1-3-31-19-11-9-18(10-12-19)22(29)28-15-6-13-24(17-28)23(25-14-16-30-2)26-20-7-4-5-8-21(20)27-24/h4-5,7-12,27H,3,6,13-17H2,1-2H3,(H,25,26). The van der Waals surface area contributed by atoms with Crippen molar-refractivity contribution >= 4 is 23.1 Å². The van der Waals surface area contributed by atoms with E-state index < -0.39 is 5.54 Å². The molecule has 4 rings (SSSR count). The third kappa shape index (κ3) is 4.51. The largest absolute Gasteiger partial charge is 0.494 e. The molecule has 1 fully saturated rings. The van der Waals surface area contributed by atoms with Crippen LogP contribution in [0.2, 0.25) is 0 Å². The summed E-state index contributed by atoms with van der Waals surface area (Å²) in [5, 5.41) is 7.22. The molecule has 0 aromatic heterocycles. The van der Waals surface area contributed by atoms with Crippen LogP contribution in [0.1, 0.15) is 30.1 Å². The number of benzene rings is 2. The highest BCUT2D eigenvalue weighted by atomic mass is 16.5. The van der Waals surface area contributed by atoms with E-state index in [-0.39, 0.29) is 5.91 Å². The minimum Gasteiger partial charge on any atom is -0.494 e. The number of carbonyl (C=O) groups excluding carboxylic acids is 1. The highest BCUT2D eigenvalue weighted by Gasteiger charge is 2.44. The molecule has 2 aliphatic heterocycles. The Morgan fingerprint density at radius 2 is 1.94 bits per heavy atom. The van der Waals surface area contributed by atoms with Crippen LogP contribution in [-0.2, 0) is 4.74 Å². The van der Waals surface area contributed by atoms with E-state index in [2.05, 4.69) is 16.7 Å². The van der Waals surface area contributed by atoms with Gasteiger partial charge in [0.15, 0.2) is 0 Å². The van der Waals surface area contributed by atoms with Gasteiger partial charge in [-0.15, -0.1) is 0 Å². The molecule has 2 aliphatic rings. The molecule has 1 amide bonds. The van der Waals surface area contributed by atoms with Gasteiger partial charge in [-0.25, -0.2) is 0 Å². The summed E-state index contributed by atoms with van der Waals surface area (Å²) in [5.41, 5.74) is 2.26. The molecule has 1 saturated heterocycles. The Balaban J connectivity index is 1.59. The molecule has 1 unspecified atom stereocenters. The zero-order chi connectivity index (χ0) is 21.7. The Labute approximate surface area is 183 Å². The number of nitrogens with one attached hydrogen (secondary N) is 2. The average molecular weight is 423 g/mol. The van der Waals surface area contributed by atoms with E-state index in [0.717, 1.165) is 42.3 Å². The van der Waals surface area contributed by atoms with Crippen molar-refractivity contribution in [2.45, 2.75) is 25.3 Å². The van der Waals surface area contributed by atoms with Crippen molar-refractivity contribution in [3.05, 3.63) is 54.1 Å². The third-order valence-corrected chi connectivity index (χ3v) is 5.76. The maximum atomic E-state index is 13.3. The van der Waals surface area contributed by atoms with Crippen LogP contribution < -0.4 is 15.4 Å². The number of ether oxygens (including phenoxy) is 2. The average Bonchev–Trinajstić information content (AvgIpc) is 2.80. The Morgan fingerprint density at radius 3 is 2.68 bits per heavy atom. The lowest BCUT2D eigenvalue weighted by atomic mass is 9.85. The number of hydrogen-bond donors (Lipinski definition) is 2. The van der Waals surface area contributed by atoms with Crippen molar-refractivity contribution in [1.29, 1.82) is 0 Å². The van der Waals surface area contributed by atoms with Crippen molar-refractivity contribution in [3.8, 4) is 5.75 Å². The fourth-order valence-corrected chi connectivity index (χ4v) is 4.27. The van der Waals surface area contributed by atoms with E-state index in [1.165, 1.54) is 0 Å². The number of anilines is 2. The van der Waals surface area contributed by atoms with Gasteiger partial charge < -0.3 is 25.0 Å². The number of methoxy groups -OCH3 is 1. The number of carbonyl (C=O) groups is 1. The second-order valence-electron chi connectivity index (χ2n) is 7.89. The molecule has 2 aromatic carbocycles. The monoisotopic (exact) mass is 422 g/mol. The molecule has 0 aliphatic carbocycles. The summed E-state index contributed by atoms with van der Waals surface area (Å²) in [4.78, 5) is 20.0. The first kappa shape index (κ1) is 21.2. The molecular formula is C24H30N4O3. The fraction of sp³-hybridized carbons (Fsp3) is 0.417. The molecule has 1 spiro atoms. The lowest BCUT2D eigenvalue weighted by Crippen LogP contribution is -2.62. The van der Waals surface area contributed by atoms with Gasteiger partial charge in [0, 0.05) is 19.2 Å². The van der Waals surface area contributed by atoms with Gasteiger partial charge in [-0.2, -0.15) is 0 Å². The zero-order valence-corrected chi connectivity index (χ0v) is 18.2. The number of nitrogens with zero attached hydrogens (tertiary/aromatic N) is 2. The second kappa shape index (κ2) is 9.39. The van der Waals surface area contributed by atoms with Crippen LogP contribution in [-0.4, -0.2) is 62.1 Å². The van der Waals surface area contributed by atoms with Crippen molar-refractivity contribution < 1.29 is 14.3 Å². The summed E-state index contributed by atoms with van der Waals surface area (Å²) in [6.07, 6.45) is 1.79. The van der Waals surface area contributed by atoms with Crippen LogP contribution in [0.5, 0.6) is 5.75 Å². The SMILES string of the molecule is CCOc1ccc(C(=O)N2CCCC3(C2)Nc2ccccc2NC3=NCCOC)cc1. The molecule has 2 heterocycles. The topological polar surface area (TPSA) is 75.2 Å². The summed E-state index contributed by atoms with van der Waals surface area (Å²) in [7, 11) is 1.68. The Morgan fingerprint density at radius 1 is 1.16 bits per heavy atom. The second-order valence-corrected chi connectivity index (χ2v) is 7.89. The minimum absolute atomic E-state index is 0.0269. The Kier molecular flexibility index (Phi) is 6.42. The molecule has 7 heteroatoms. The molecule has 2 aromatic rings. The Bertz CT molecular complexity index is 944.